The Balaban J connectivity index is 1.68. The van der Waals surface area contributed by atoms with E-state index in [0.29, 0.717) is 47.6 Å². The number of thiocarbonyl (C=S) groups is 1. The van der Waals surface area contributed by atoms with Gasteiger partial charge in [-0.1, -0.05) is 12.1 Å². The molecule has 180 valence electrons. The van der Waals surface area contributed by atoms with Crippen LogP contribution in [0.3, 0.4) is 0 Å². The van der Waals surface area contributed by atoms with Gasteiger partial charge in [0.1, 0.15) is 17.9 Å². The number of benzene rings is 2. The van der Waals surface area contributed by atoms with Crippen LogP contribution in [0.5, 0.6) is 17.2 Å². The van der Waals surface area contributed by atoms with Crippen LogP contribution in [-0.2, 0) is 11.2 Å². The summed E-state index contributed by atoms with van der Waals surface area (Å²) in [7, 11) is 4.89. The van der Waals surface area contributed by atoms with Gasteiger partial charge < -0.3 is 33.6 Å². The van der Waals surface area contributed by atoms with Crippen molar-refractivity contribution in [2.24, 2.45) is 0 Å². The van der Waals surface area contributed by atoms with E-state index in [2.05, 4.69) is 10.2 Å². The fraction of sp³-hybridized carbons (Fsp3) is 0.360. The van der Waals surface area contributed by atoms with Gasteiger partial charge >= 0.3 is 5.63 Å². The number of rotatable bonds is 8. The van der Waals surface area contributed by atoms with Crippen LogP contribution < -0.4 is 25.2 Å². The van der Waals surface area contributed by atoms with Crippen LogP contribution in [0, 0.1) is 0 Å². The molecule has 1 atom stereocenters. The molecular formula is C25H28N2O6S. The highest BCUT2D eigenvalue weighted by Crippen LogP contribution is 2.38. The smallest absolute Gasteiger partial charge is 0.339 e. The Morgan fingerprint density at radius 3 is 2.65 bits per heavy atom. The summed E-state index contributed by atoms with van der Waals surface area (Å²) in [5, 5.41) is 4.61. The first-order valence-corrected chi connectivity index (χ1v) is 11.4. The Kier molecular flexibility index (Phi) is 7.54. The van der Waals surface area contributed by atoms with Crippen LogP contribution in [0.25, 0.3) is 11.0 Å². The third-order valence-corrected chi connectivity index (χ3v) is 6.23. The number of ether oxygens (including phenoxy) is 4. The zero-order valence-electron chi connectivity index (χ0n) is 19.5. The van der Waals surface area contributed by atoms with Gasteiger partial charge in [-0.3, -0.25) is 0 Å². The summed E-state index contributed by atoms with van der Waals surface area (Å²) in [4.78, 5) is 14.2. The predicted octanol–water partition coefficient (Wildman–Crippen LogP) is 3.31. The normalized spacial score (nSPS) is 15.0. The molecule has 0 aliphatic carbocycles. The molecule has 2 aromatic carbocycles. The van der Waals surface area contributed by atoms with Crippen molar-refractivity contribution in [2.45, 2.75) is 12.5 Å². The van der Waals surface area contributed by atoms with Crippen molar-refractivity contribution in [3.63, 3.8) is 0 Å². The summed E-state index contributed by atoms with van der Waals surface area (Å²) >= 11 is 5.71. The highest BCUT2D eigenvalue weighted by atomic mass is 32.1. The Bertz CT molecular complexity index is 1230. The van der Waals surface area contributed by atoms with Crippen molar-refractivity contribution in [3.05, 3.63) is 64.0 Å². The summed E-state index contributed by atoms with van der Waals surface area (Å²) < 4.78 is 27.7. The van der Waals surface area contributed by atoms with Crippen LogP contribution in [0.1, 0.15) is 17.2 Å². The maximum absolute atomic E-state index is 12.1. The van der Waals surface area contributed by atoms with Gasteiger partial charge in [-0.25, -0.2) is 4.79 Å². The van der Waals surface area contributed by atoms with E-state index in [-0.39, 0.29) is 12.6 Å². The van der Waals surface area contributed by atoms with Crippen molar-refractivity contribution < 1.29 is 23.4 Å². The number of hydrogen-bond donors (Lipinski definition) is 1. The fourth-order valence-electron chi connectivity index (χ4n) is 4.18. The lowest BCUT2D eigenvalue weighted by atomic mass is 9.92. The first-order chi connectivity index (χ1) is 16.5. The third kappa shape index (κ3) is 4.95. The second-order valence-electron chi connectivity index (χ2n) is 7.83. The van der Waals surface area contributed by atoms with Gasteiger partial charge in [0.2, 0.25) is 0 Å². The largest absolute Gasteiger partial charge is 0.493 e. The van der Waals surface area contributed by atoms with E-state index < -0.39 is 5.63 Å². The molecule has 0 unspecified atom stereocenters. The van der Waals surface area contributed by atoms with E-state index >= 15 is 0 Å². The molecule has 0 saturated carbocycles. The lowest BCUT2D eigenvalue weighted by Crippen LogP contribution is -2.47. The Morgan fingerprint density at radius 1 is 1.12 bits per heavy atom. The van der Waals surface area contributed by atoms with E-state index in [4.69, 9.17) is 35.6 Å². The average molecular weight is 485 g/mol. The fourth-order valence-corrected chi connectivity index (χ4v) is 4.50. The Labute approximate surface area is 203 Å². The topological polar surface area (TPSA) is 82.4 Å². The highest BCUT2D eigenvalue weighted by molar-refractivity contribution is 7.80. The molecule has 4 rings (SSSR count). The monoisotopic (exact) mass is 484 g/mol. The van der Waals surface area contributed by atoms with E-state index in [0.717, 1.165) is 22.9 Å². The lowest BCUT2D eigenvalue weighted by Gasteiger charge is -2.39. The Morgan fingerprint density at radius 2 is 1.88 bits per heavy atom. The van der Waals surface area contributed by atoms with E-state index in [9.17, 15) is 4.79 Å². The van der Waals surface area contributed by atoms with E-state index in [1.54, 1.807) is 27.4 Å². The van der Waals surface area contributed by atoms with Crippen LogP contribution in [0.2, 0.25) is 0 Å². The molecule has 1 N–H and O–H groups in total. The van der Waals surface area contributed by atoms with Crippen molar-refractivity contribution >= 4 is 28.3 Å². The van der Waals surface area contributed by atoms with Crippen LogP contribution >= 0.6 is 12.2 Å². The first kappa shape index (κ1) is 23.8. The van der Waals surface area contributed by atoms with E-state index in [1.165, 1.54) is 6.07 Å². The van der Waals surface area contributed by atoms with E-state index in [1.807, 2.05) is 30.3 Å². The SMILES string of the molecule is COCCNC(=S)N1CCc2cc(OC)c(OC)cc2[C@H]1COc1cc(=O)oc2ccccc12. The summed E-state index contributed by atoms with van der Waals surface area (Å²) in [6.07, 6.45) is 0.788. The van der Waals surface area contributed by atoms with Gasteiger partial charge in [0.15, 0.2) is 16.6 Å². The molecule has 1 aliphatic rings. The Hall–Kier alpha value is -3.30. The van der Waals surface area contributed by atoms with Gasteiger partial charge in [0.05, 0.1) is 38.3 Å². The molecule has 0 spiro atoms. The molecule has 0 radical (unpaired) electrons. The van der Waals surface area contributed by atoms with Crippen LogP contribution in [0.15, 0.2) is 51.7 Å². The van der Waals surface area contributed by atoms with Crippen LogP contribution in [-0.4, -0.2) is 57.6 Å². The summed E-state index contributed by atoms with van der Waals surface area (Å²) in [5.74, 6) is 1.79. The molecule has 1 aromatic heterocycles. The minimum absolute atomic E-state index is 0.211. The summed E-state index contributed by atoms with van der Waals surface area (Å²) in [6.45, 7) is 2.11. The first-order valence-electron chi connectivity index (χ1n) is 11.0. The lowest BCUT2D eigenvalue weighted by molar-refractivity contribution is 0.182. The van der Waals surface area contributed by atoms with Crippen molar-refractivity contribution in [2.75, 3.05) is 47.6 Å². The number of para-hydroxylation sites is 1. The highest BCUT2D eigenvalue weighted by Gasteiger charge is 2.31. The van der Waals surface area contributed by atoms with Gasteiger partial charge in [-0.05, 0) is 54.0 Å². The quantitative estimate of drug-likeness (QED) is 0.294. The van der Waals surface area contributed by atoms with Crippen molar-refractivity contribution in [3.8, 4) is 17.2 Å². The zero-order valence-corrected chi connectivity index (χ0v) is 20.3. The van der Waals surface area contributed by atoms with Crippen molar-refractivity contribution in [1.29, 1.82) is 0 Å². The molecule has 34 heavy (non-hydrogen) atoms. The zero-order chi connectivity index (χ0) is 24.1. The molecule has 1 aliphatic heterocycles. The molecule has 8 nitrogen and oxygen atoms in total. The summed E-state index contributed by atoms with van der Waals surface area (Å²) in [6, 6.07) is 12.5. The van der Waals surface area contributed by atoms with Crippen molar-refractivity contribution in [1.82, 2.24) is 10.2 Å². The minimum Gasteiger partial charge on any atom is -0.493 e. The second kappa shape index (κ2) is 10.8. The molecule has 9 heteroatoms. The molecule has 0 saturated heterocycles. The number of fused-ring (bicyclic) bond motifs is 2. The molecule has 3 aromatic rings. The van der Waals surface area contributed by atoms with Gasteiger partial charge in [-0.15, -0.1) is 0 Å². The van der Waals surface area contributed by atoms with Gasteiger partial charge in [-0.2, -0.15) is 0 Å². The van der Waals surface area contributed by atoms with Gasteiger partial charge in [0, 0.05) is 20.2 Å². The number of methoxy groups -OCH3 is 3. The third-order valence-electron chi connectivity index (χ3n) is 5.85. The molecule has 0 fully saturated rings. The maximum atomic E-state index is 12.1. The predicted molar refractivity (Wildman–Crippen MR) is 133 cm³/mol. The second-order valence-corrected chi connectivity index (χ2v) is 8.21. The molecule has 0 bridgehead atoms. The minimum atomic E-state index is -0.460. The summed E-state index contributed by atoms with van der Waals surface area (Å²) in [5.41, 5.74) is 2.19. The number of hydrogen-bond acceptors (Lipinski definition) is 7. The van der Waals surface area contributed by atoms with Crippen LogP contribution in [0.4, 0.5) is 0 Å². The number of nitrogens with one attached hydrogen (secondary N) is 1. The molecule has 2 heterocycles. The molecular weight excluding hydrogens is 456 g/mol. The van der Waals surface area contributed by atoms with Gasteiger partial charge in [0.25, 0.3) is 0 Å². The maximum Gasteiger partial charge on any atom is 0.339 e. The molecule has 0 amide bonds. The average Bonchev–Trinajstić information content (AvgIpc) is 2.85. The number of nitrogens with zero attached hydrogens (tertiary/aromatic N) is 1. The standard InChI is InChI=1S/C25H28N2O6S/c1-29-11-9-26-25(34)27-10-8-16-12-22(30-2)23(31-3)13-18(16)19(27)15-32-21-14-24(28)33-20-7-5-4-6-17(20)21/h4-7,12-14,19H,8-11,15H2,1-3H3,(H,26,34)/t19-/m1/s1.